The molecule has 0 amide bonds. The van der Waals surface area contributed by atoms with Gasteiger partial charge in [0.15, 0.2) is 0 Å². The van der Waals surface area contributed by atoms with Crippen LogP contribution in [0.1, 0.15) is 22.8 Å². The minimum absolute atomic E-state index is 0.531. The first-order chi connectivity index (χ1) is 9.04. The van der Waals surface area contributed by atoms with Crippen LogP contribution in [0.15, 0.2) is 40.9 Å². The van der Waals surface area contributed by atoms with Crippen molar-refractivity contribution in [1.29, 1.82) is 0 Å². The Kier molecular flexibility index (Phi) is 4.50. The highest BCUT2D eigenvalue weighted by Gasteiger charge is 2.16. The predicted molar refractivity (Wildman–Crippen MR) is 80.9 cm³/mol. The third-order valence-electron chi connectivity index (χ3n) is 3.01. The molecule has 19 heavy (non-hydrogen) atoms. The van der Waals surface area contributed by atoms with E-state index in [2.05, 4.69) is 15.9 Å². The minimum Gasteiger partial charge on any atom is -0.496 e. The molecule has 1 unspecified atom stereocenters. The second-order valence-electron chi connectivity index (χ2n) is 4.27. The van der Waals surface area contributed by atoms with E-state index in [9.17, 15) is 5.11 Å². The van der Waals surface area contributed by atoms with Crippen molar-refractivity contribution in [3.8, 4) is 5.75 Å². The number of aryl methyl sites for hydroxylation is 1. The smallest absolute Gasteiger partial charge is 0.121 e. The maximum atomic E-state index is 10.4. The van der Waals surface area contributed by atoms with Gasteiger partial charge in [-0.25, -0.2) is 0 Å². The second-order valence-corrected chi connectivity index (χ2v) is 5.51. The van der Waals surface area contributed by atoms with Crippen molar-refractivity contribution in [2.75, 3.05) is 7.11 Å². The van der Waals surface area contributed by atoms with Crippen LogP contribution in [0, 0.1) is 6.92 Å². The molecule has 100 valence electrons. The van der Waals surface area contributed by atoms with Gasteiger partial charge in [-0.05, 0) is 52.2 Å². The lowest BCUT2D eigenvalue weighted by Crippen LogP contribution is -2.01. The molecule has 1 N–H and O–H groups in total. The SMILES string of the molecule is COc1ccc(C(O)c2cccc(Br)c2Cl)cc1C. The molecule has 2 rings (SSSR count). The van der Waals surface area contributed by atoms with Crippen molar-refractivity contribution in [3.63, 3.8) is 0 Å². The molecule has 0 spiro atoms. The summed E-state index contributed by atoms with van der Waals surface area (Å²) in [5.41, 5.74) is 2.45. The lowest BCUT2D eigenvalue weighted by atomic mass is 9.99. The number of methoxy groups -OCH3 is 1. The standard InChI is InChI=1S/C15H14BrClO2/c1-9-8-10(6-7-13(9)19-2)15(18)11-4-3-5-12(16)14(11)17/h3-8,15,18H,1-2H3. The summed E-state index contributed by atoms with van der Waals surface area (Å²) < 4.78 is 5.99. The summed E-state index contributed by atoms with van der Waals surface area (Å²) in [6.45, 7) is 1.94. The van der Waals surface area contributed by atoms with Crippen molar-refractivity contribution in [3.05, 3.63) is 62.6 Å². The summed E-state index contributed by atoms with van der Waals surface area (Å²) in [5, 5.41) is 11.0. The Morgan fingerprint density at radius 1 is 1.26 bits per heavy atom. The Bertz CT molecular complexity index is 599. The van der Waals surface area contributed by atoms with E-state index in [1.807, 2.05) is 43.3 Å². The van der Waals surface area contributed by atoms with Gasteiger partial charge in [0.25, 0.3) is 0 Å². The zero-order valence-electron chi connectivity index (χ0n) is 10.7. The van der Waals surface area contributed by atoms with E-state index in [1.54, 1.807) is 7.11 Å². The molecule has 0 radical (unpaired) electrons. The molecule has 2 aromatic carbocycles. The van der Waals surface area contributed by atoms with Gasteiger partial charge in [-0.3, -0.25) is 0 Å². The zero-order valence-corrected chi connectivity index (χ0v) is 13.0. The van der Waals surface area contributed by atoms with Crippen molar-refractivity contribution in [2.24, 2.45) is 0 Å². The summed E-state index contributed by atoms with van der Waals surface area (Å²) in [4.78, 5) is 0. The first-order valence-corrected chi connectivity index (χ1v) is 6.98. The molecule has 2 nitrogen and oxygen atoms in total. The Morgan fingerprint density at radius 2 is 2.00 bits per heavy atom. The third kappa shape index (κ3) is 2.94. The number of aliphatic hydroxyl groups excluding tert-OH is 1. The number of rotatable bonds is 3. The van der Waals surface area contributed by atoms with E-state index in [1.165, 1.54) is 0 Å². The largest absolute Gasteiger partial charge is 0.496 e. The van der Waals surface area contributed by atoms with Gasteiger partial charge < -0.3 is 9.84 Å². The number of aliphatic hydroxyl groups is 1. The zero-order chi connectivity index (χ0) is 14.0. The van der Waals surface area contributed by atoms with Gasteiger partial charge in [-0.1, -0.05) is 29.8 Å². The Morgan fingerprint density at radius 3 is 2.63 bits per heavy atom. The molecule has 0 aliphatic heterocycles. The van der Waals surface area contributed by atoms with Crippen molar-refractivity contribution in [1.82, 2.24) is 0 Å². The molecule has 0 fully saturated rings. The molecule has 0 aliphatic rings. The van der Waals surface area contributed by atoms with Crippen LogP contribution in [0.25, 0.3) is 0 Å². The van der Waals surface area contributed by atoms with Gasteiger partial charge in [0.2, 0.25) is 0 Å². The summed E-state index contributed by atoms with van der Waals surface area (Å²) in [7, 11) is 1.63. The van der Waals surface area contributed by atoms with E-state index >= 15 is 0 Å². The molecule has 0 heterocycles. The molecule has 0 bridgehead atoms. The van der Waals surface area contributed by atoms with Crippen LogP contribution in [0.2, 0.25) is 5.02 Å². The van der Waals surface area contributed by atoms with Gasteiger partial charge in [0.05, 0.1) is 12.1 Å². The summed E-state index contributed by atoms with van der Waals surface area (Å²) in [6.07, 6.45) is -0.755. The molecule has 0 saturated heterocycles. The van der Waals surface area contributed by atoms with Crippen LogP contribution in [0.4, 0.5) is 0 Å². The minimum atomic E-state index is -0.755. The number of ether oxygens (including phenoxy) is 1. The fraction of sp³-hybridized carbons (Fsp3) is 0.200. The first-order valence-electron chi connectivity index (χ1n) is 5.81. The topological polar surface area (TPSA) is 29.5 Å². The summed E-state index contributed by atoms with van der Waals surface area (Å²) >= 11 is 9.57. The van der Waals surface area contributed by atoms with E-state index in [4.69, 9.17) is 16.3 Å². The van der Waals surface area contributed by atoms with Gasteiger partial charge in [-0.2, -0.15) is 0 Å². The van der Waals surface area contributed by atoms with Crippen LogP contribution in [-0.4, -0.2) is 12.2 Å². The average Bonchev–Trinajstić information content (AvgIpc) is 2.41. The fourth-order valence-electron chi connectivity index (χ4n) is 1.98. The van der Waals surface area contributed by atoms with Crippen molar-refractivity contribution < 1.29 is 9.84 Å². The second kappa shape index (κ2) is 5.95. The molecule has 0 aromatic heterocycles. The summed E-state index contributed by atoms with van der Waals surface area (Å²) in [5.74, 6) is 0.802. The highest BCUT2D eigenvalue weighted by Crippen LogP contribution is 2.34. The van der Waals surface area contributed by atoms with E-state index in [-0.39, 0.29) is 0 Å². The summed E-state index contributed by atoms with van der Waals surface area (Å²) in [6, 6.07) is 11.1. The average molecular weight is 342 g/mol. The van der Waals surface area contributed by atoms with Crippen LogP contribution in [0.5, 0.6) is 5.75 Å². The highest BCUT2D eigenvalue weighted by molar-refractivity contribution is 9.10. The third-order valence-corrected chi connectivity index (χ3v) is 4.32. The molecule has 1 atom stereocenters. The monoisotopic (exact) mass is 340 g/mol. The first kappa shape index (κ1) is 14.4. The Labute approximate surface area is 126 Å². The maximum Gasteiger partial charge on any atom is 0.121 e. The Balaban J connectivity index is 2.41. The number of hydrogen-bond donors (Lipinski definition) is 1. The van der Waals surface area contributed by atoms with Crippen LogP contribution in [-0.2, 0) is 0 Å². The highest BCUT2D eigenvalue weighted by atomic mass is 79.9. The molecule has 0 saturated carbocycles. The normalized spacial score (nSPS) is 12.3. The van der Waals surface area contributed by atoms with Crippen molar-refractivity contribution in [2.45, 2.75) is 13.0 Å². The quantitative estimate of drug-likeness (QED) is 0.890. The van der Waals surface area contributed by atoms with Crippen LogP contribution in [0.3, 0.4) is 0 Å². The Hall–Kier alpha value is -1.03. The maximum absolute atomic E-state index is 10.4. The number of halogens is 2. The van der Waals surface area contributed by atoms with Crippen LogP contribution >= 0.6 is 27.5 Å². The number of benzene rings is 2. The van der Waals surface area contributed by atoms with Gasteiger partial charge in [0.1, 0.15) is 11.9 Å². The predicted octanol–water partition coefficient (Wildman–Crippen LogP) is 4.50. The van der Waals surface area contributed by atoms with Gasteiger partial charge in [0, 0.05) is 10.0 Å². The molecule has 0 aliphatic carbocycles. The fourth-order valence-corrected chi connectivity index (χ4v) is 2.59. The lowest BCUT2D eigenvalue weighted by Gasteiger charge is -2.15. The number of hydrogen-bond acceptors (Lipinski definition) is 2. The molecular weight excluding hydrogens is 328 g/mol. The van der Waals surface area contributed by atoms with Gasteiger partial charge in [-0.15, -0.1) is 0 Å². The van der Waals surface area contributed by atoms with Gasteiger partial charge >= 0.3 is 0 Å². The van der Waals surface area contributed by atoms with Crippen molar-refractivity contribution >= 4 is 27.5 Å². The molecular formula is C15H14BrClO2. The lowest BCUT2D eigenvalue weighted by molar-refractivity contribution is 0.220. The van der Waals surface area contributed by atoms with E-state index in [0.29, 0.717) is 10.6 Å². The molecule has 4 heteroatoms. The molecule has 2 aromatic rings. The van der Waals surface area contributed by atoms with Crippen LogP contribution < -0.4 is 4.74 Å². The van der Waals surface area contributed by atoms with E-state index in [0.717, 1.165) is 21.3 Å². The van der Waals surface area contributed by atoms with E-state index < -0.39 is 6.10 Å².